The van der Waals surface area contributed by atoms with Gasteiger partial charge in [0.25, 0.3) is 0 Å². The minimum Gasteiger partial charge on any atom is -0.455 e. The van der Waals surface area contributed by atoms with E-state index in [1.807, 2.05) is 0 Å². The van der Waals surface area contributed by atoms with E-state index in [1.54, 1.807) is 0 Å². The van der Waals surface area contributed by atoms with Crippen LogP contribution in [0.2, 0.25) is 0 Å². The molecule has 0 spiro atoms. The fourth-order valence-corrected chi connectivity index (χ4v) is 0.976. The number of rotatable bonds is 1. The molecule has 0 aliphatic carbocycles. The molecule has 0 aromatic heterocycles. The molecule has 0 radical (unpaired) electrons. The fraction of sp³-hybridized carbons (Fsp3) is 0.833. The van der Waals surface area contributed by atoms with Crippen LogP contribution in [-0.2, 0) is 9.53 Å². The number of esters is 1. The quantitative estimate of drug-likeness (QED) is 0.389. The molecule has 3 N–H and O–H groups in total. The molecule has 4 atom stereocenters. The van der Waals surface area contributed by atoms with Crippen LogP contribution in [0.15, 0.2) is 0 Å². The number of hydrogen-bond acceptors (Lipinski definition) is 5. The Morgan fingerprint density at radius 3 is 2.27 bits per heavy atom. The molecule has 1 unspecified atom stereocenters. The molecule has 0 saturated carbocycles. The molecule has 1 heterocycles. The second-order valence-corrected chi connectivity index (χ2v) is 2.58. The number of aliphatic hydroxyl groups excluding tert-OH is 3. The van der Waals surface area contributed by atoms with Crippen LogP contribution in [0.1, 0.15) is 6.92 Å². The normalized spacial score (nSPS) is 40.4. The van der Waals surface area contributed by atoms with E-state index in [1.165, 1.54) is 6.92 Å². The van der Waals surface area contributed by atoms with Gasteiger partial charge < -0.3 is 20.1 Å². The summed E-state index contributed by atoms with van der Waals surface area (Å²) in [6, 6.07) is 0. The van der Waals surface area contributed by atoms with Crippen LogP contribution >= 0.6 is 0 Å². The van der Waals surface area contributed by atoms with Gasteiger partial charge in [-0.25, -0.2) is 4.79 Å². The van der Waals surface area contributed by atoms with Crippen molar-refractivity contribution < 1.29 is 24.9 Å². The van der Waals surface area contributed by atoms with Crippen molar-refractivity contribution in [3.63, 3.8) is 0 Å². The topological polar surface area (TPSA) is 87.0 Å². The summed E-state index contributed by atoms with van der Waals surface area (Å²) in [5.41, 5.74) is 0. The maximum Gasteiger partial charge on any atom is 0.338 e. The van der Waals surface area contributed by atoms with Gasteiger partial charge in [0.2, 0.25) is 0 Å². The number of cyclic esters (lactones) is 1. The molecule has 1 rings (SSSR count). The van der Waals surface area contributed by atoms with Crippen LogP contribution in [0.4, 0.5) is 0 Å². The lowest BCUT2D eigenvalue weighted by Gasteiger charge is -2.15. The summed E-state index contributed by atoms with van der Waals surface area (Å²) < 4.78 is 4.46. The van der Waals surface area contributed by atoms with E-state index in [-0.39, 0.29) is 0 Å². The van der Waals surface area contributed by atoms with E-state index in [0.717, 1.165) is 0 Å². The van der Waals surface area contributed by atoms with Crippen molar-refractivity contribution in [2.75, 3.05) is 0 Å². The highest BCUT2D eigenvalue weighted by atomic mass is 16.6. The molecule has 5 nitrogen and oxygen atoms in total. The second-order valence-electron chi connectivity index (χ2n) is 2.58. The Hall–Kier alpha value is -0.650. The van der Waals surface area contributed by atoms with E-state index in [0.29, 0.717) is 0 Å². The number of ether oxygens (including phenoxy) is 1. The van der Waals surface area contributed by atoms with Gasteiger partial charge in [-0.05, 0) is 6.92 Å². The molecule has 1 aliphatic rings. The summed E-state index contributed by atoms with van der Waals surface area (Å²) >= 11 is 0. The highest BCUT2D eigenvalue weighted by Crippen LogP contribution is 2.18. The van der Waals surface area contributed by atoms with Crippen molar-refractivity contribution in [1.29, 1.82) is 0 Å². The first-order valence-corrected chi connectivity index (χ1v) is 3.28. The van der Waals surface area contributed by atoms with Gasteiger partial charge in [0, 0.05) is 0 Å². The molecule has 5 heteroatoms. The standard InChI is InChI=1S/C6H10O5/c1-2(7)5-3(8)4(9)6(10)11-5/h2-5,7-9H,1H3/t2-,3-,4-,5?/m1/s1. The number of carbonyl (C=O) groups excluding carboxylic acids is 1. The zero-order valence-electron chi connectivity index (χ0n) is 5.97. The average molecular weight is 162 g/mol. The molecular weight excluding hydrogens is 152 g/mol. The summed E-state index contributed by atoms with van der Waals surface area (Å²) in [7, 11) is 0. The minimum absolute atomic E-state index is 0.886. The fourth-order valence-electron chi connectivity index (χ4n) is 0.976. The predicted octanol–water partition coefficient (Wildman–Crippen LogP) is -1.99. The maximum absolute atomic E-state index is 10.6. The SMILES string of the molecule is C[C@@H](O)C1OC(=O)[C@H](O)[C@H]1O. The van der Waals surface area contributed by atoms with Gasteiger partial charge in [0.15, 0.2) is 12.2 Å². The Balaban J connectivity index is 2.67. The summed E-state index contributed by atoms with van der Waals surface area (Å²) in [5, 5.41) is 26.8. The van der Waals surface area contributed by atoms with E-state index in [2.05, 4.69) is 4.74 Å². The van der Waals surface area contributed by atoms with Crippen LogP contribution in [0, 0.1) is 0 Å². The molecule has 0 aromatic rings. The van der Waals surface area contributed by atoms with Crippen LogP contribution in [0.25, 0.3) is 0 Å². The predicted molar refractivity (Wildman–Crippen MR) is 33.6 cm³/mol. The molecular formula is C6H10O5. The molecule has 1 aliphatic heterocycles. The lowest BCUT2D eigenvalue weighted by atomic mass is 10.1. The van der Waals surface area contributed by atoms with Gasteiger partial charge in [0.1, 0.15) is 6.10 Å². The molecule has 1 fully saturated rings. The third-order valence-electron chi connectivity index (χ3n) is 1.63. The molecule has 0 aromatic carbocycles. The van der Waals surface area contributed by atoms with Gasteiger partial charge in [-0.1, -0.05) is 0 Å². The van der Waals surface area contributed by atoms with Crippen LogP contribution in [0.5, 0.6) is 0 Å². The van der Waals surface area contributed by atoms with Gasteiger partial charge in [0.05, 0.1) is 6.10 Å². The van der Waals surface area contributed by atoms with Crippen molar-refractivity contribution >= 4 is 5.97 Å². The number of hydrogen-bond donors (Lipinski definition) is 3. The largest absolute Gasteiger partial charge is 0.455 e. The zero-order chi connectivity index (χ0) is 8.59. The maximum atomic E-state index is 10.6. The van der Waals surface area contributed by atoms with E-state index in [4.69, 9.17) is 15.3 Å². The highest BCUT2D eigenvalue weighted by molar-refractivity contribution is 5.77. The summed E-state index contributed by atoms with van der Waals surface area (Å²) in [5.74, 6) is -0.886. The number of carbonyl (C=O) groups is 1. The second kappa shape index (κ2) is 2.77. The van der Waals surface area contributed by atoms with Crippen molar-refractivity contribution in [3.05, 3.63) is 0 Å². The summed E-state index contributed by atoms with van der Waals surface area (Å²) in [4.78, 5) is 10.6. The van der Waals surface area contributed by atoms with Gasteiger partial charge in [-0.15, -0.1) is 0 Å². The monoisotopic (exact) mass is 162 g/mol. The minimum atomic E-state index is -1.52. The summed E-state index contributed by atoms with van der Waals surface area (Å²) in [6.07, 6.45) is -4.80. The first-order chi connectivity index (χ1) is 5.04. The third-order valence-corrected chi connectivity index (χ3v) is 1.63. The van der Waals surface area contributed by atoms with Crippen molar-refractivity contribution in [1.82, 2.24) is 0 Å². The Morgan fingerprint density at radius 1 is 1.55 bits per heavy atom. The first-order valence-electron chi connectivity index (χ1n) is 3.28. The van der Waals surface area contributed by atoms with E-state index < -0.39 is 30.4 Å². The third kappa shape index (κ3) is 1.35. The Kier molecular flexibility index (Phi) is 2.12. The average Bonchev–Trinajstić information content (AvgIpc) is 2.17. The van der Waals surface area contributed by atoms with Crippen LogP contribution in [0.3, 0.4) is 0 Å². The summed E-state index contributed by atoms with van der Waals surface area (Å²) in [6.45, 7) is 1.37. The van der Waals surface area contributed by atoms with E-state index in [9.17, 15) is 4.79 Å². The zero-order valence-corrected chi connectivity index (χ0v) is 5.97. The van der Waals surface area contributed by atoms with Crippen LogP contribution in [-0.4, -0.2) is 45.7 Å². The Bertz CT molecular complexity index is 166. The van der Waals surface area contributed by atoms with Crippen LogP contribution < -0.4 is 0 Å². The van der Waals surface area contributed by atoms with Gasteiger partial charge in [-0.3, -0.25) is 0 Å². The lowest BCUT2D eigenvalue weighted by Crippen LogP contribution is -2.37. The molecule has 64 valence electrons. The highest BCUT2D eigenvalue weighted by Gasteiger charge is 2.44. The molecule has 0 bridgehead atoms. The first kappa shape index (κ1) is 8.45. The smallest absolute Gasteiger partial charge is 0.338 e. The van der Waals surface area contributed by atoms with Gasteiger partial charge in [-0.2, -0.15) is 0 Å². The van der Waals surface area contributed by atoms with Gasteiger partial charge >= 0.3 is 5.97 Å². The molecule has 0 amide bonds. The molecule has 1 saturated heterocycles. The Morgan fingerprint density at radius 2 is 2.09 bits per heavy atom. The number of aliphatic hydroxyl groups is 3. The molecule has 11 heavy (non-hydrogen) atoms. The van der Waals surface area contributed by atoms with Crippen molar-refractivity contribution in [3.8, 4) is 0 Å². The Labute approximate surface area is 63.2 Å². The van der Waals surface area contributed by atoms with Crippen molar-refractivity contribution in [2.45, 2.75) is 31.3 Å². The lowest BCUT2D eigenvalue weighted by molar-refractivity contribution is -0.150. The van der Waals surface area contributed by atoms with E-state index >= 15 is 0 Å². The van der Waals surface area contributed by atoms with Crippen molar-refractivity contribution in [2.24, 2.45) is 0 Å².